The highest BCUT2D eigenvalue weighted by Crippen LogP contribution is 2.50. The molecule has 15 heavy (non-hydrogen) atoms. The first-order valence-corrected chi connectivity index (χ1v) is 10.7. The van der Waals surface area contributed by atoms with Crippen molar-refractivity contribution < 1.29 is 12.6 Å². The summed E-state index contributed by atoms with van der Waals surface area (Å²) in [5.74, 6) is 0. The lowest BCUT2D eigenvalue weighted by Crippen LogP contribution is -2.46. The third-order valence-corrected chi connectivity index (χ3v) is 8.85. The fraction of sp³-hybridized carbons (Fsp3) is 1.00. The van der Waals surface area contributed by atoms with E-state index in [4.69, 9.17) is 4.18 Å². The van der Waals surface area contributed by atoms with E-state index in [1.54, 1.807) is 0 Å². The van der Waals surface area contributed by atoms with Gasteiger partial charge in [0.25, 0.3) is 10.1 Å². The summed E-state index contributed by atoms with van der Waals surface area (Å²) in [5, 5.41) is -0.268. The van der Waals surface area contributed by atoms with Crippen molar-refractivity contribution in [1.29, 1.82) is 0 Å². The molecule has 1 aliphatic rings. The topological polar surface area (TPSA) is 43.4 Å². The first-order valence-electron chi connectivity index (χ1n) is 5.63. The third-order valence-electron chi connectivity index (χ3n) is 3.40. The van der Waals surface area contributed by atoms with Gasteiger partial charge in [0.05, 0.1) is 19.6 Å². The quantitative estimate of drug-likeness (QED) is 0.537. The fourth-order valence-corrected chi connectivity index (χ4v) is 7.40. The summed E-state index contributed by atoms with van der Waals surface area (Å²) >= 11 is 0. The van der Waals surface area contributed by atoms with Crippen molar-refractivity contribution in [2.45, 2.75) is 57.0 Å². The Labute approximate surface area is 94.3 Å². The molecule has 0 aromatic rings. The monoisotopic (exact) mass is 250 g/mol. The molecule has 0 unspecified atom stereocenters. The van der Waals surface area contributed by atoms with E-state index in [0.29, 0.717) is 0 Å². The Balaban J connectivity index is 2.69. The predicted octanol–water partition coefficient (Wildman–Crippen LogP) is 2.54. The predicted molar refractivity (Wildman–Crippen MR) is 65.1 cm³/mol. The molecule has 1 rings (SSSR count). The Morgan fingerprint density at radius 3 is 2.20 bits per heavy atom. The van der Waals surface area contributed by atoms with Gasteiger partial charge in [-0.2, -0.15) is 8.42 Å². The number of hydrogen-bond acceptors (Lipinski definition) is 3. The first kappa shape index (κ1) is 13.2. The average molecular weight is 250 g/mol. The van der Waals surface area contributed by atoms with Crippen LogP contribution in [-0.2, 0) is 14.3 Å². The summed E-state index contributed by atoms with van der Waals surface area (Å²) in [6.07, 6.45) is 5.39. The minimum Gasteiger partial charge on any atom is -0.267 e. The fourth-order valence-electron chi connectivity index (χ4n) is 2.12. The second kappa shape index (κ2) is 4.18. The van der Waals surface area contributed by atoms with Crippen molar-refractivity contribution >= 4 is 18.2 Å². The van der Waals surface area contributed by atoms with Gasteiger partial charge in [0.1, 0.15) is 0 Å². The lowest BCUT2D eigenvalue weighted by molar-refractivity contribution is 0.258. The molecule has 0 aliphatic heterocycles. The molecule has 0 atom stereocenters. The summed E-state index contributed by atoms with van der Waals surface area (Å²) in [5.41, 5.74) is 0. The molecule has 1 saturated carbocycles. The molecule has 3 nitrogen and oxygen atoms in total. The van der Waals surface area contributed by atoms with Gasteiger partial charge in [0, 0.05) is 0 Å². The number of rotatable bonds is 6. The molecule has 5 heteroatoms. The second-order valence-electron chi connectivity index (χ2n) is 5.27. The lowest BCUT2D eigenvalue weighted by Gasteiger charge is -2.31. The van der Waals surface area contributed by atoms with Gasteiger partial charge >= 0.3 is 0 Å². The van der Waals surface area contributed by atoms with Crippen molar-refractivity contribution in [3.63, 3.8) is 0 Å². The van der Waals surface area contributed by atoms with Gasteiger partial charge in [0.15, 0.2) is 0 Å². The van der Waals surface area contributed by atoms with E-state index in [1.165, 1.54) is 18.9 Å². The number of unbranched alkanes of at least 4 members (excludes halogenated alkanes) is 1. The van der Waals surface area contributed by atoms with Gasteiger partial charge in [-0.25, -0.2) is 0 Å². The Bertz CT molecular complexity index is 318. The molecule has 0 amide bonds. The van der Waals surface area contributed by atoms with Crippen molar-refractivity contribution in [2.75, 3.05) is 6.26 Å². The zero-order valence-corrected chi connectivity index (χ0v) is 12.0. The summed E-state index contributed by atoms with van der Waals surface area (Å²) in [4.78, 5) is 0. The molecular weight excluding hydrogens is 228 g/mol. The highest BCUT2D eigenvalue weighted by molar-refractivity contribution is 7.86. The molecule has 0 aromatic heterocycles. The Morgan fingerprint density at radius 2 is 1.87 bits per heavy atom. The van der Waals surface area contributed by atoms with Crippen LogP contribution in [0, 0.1) is 0 Å². The van der Waals surface area contributed by atoms with Crippen LogP contribution in [-0.4, -0.2) is 28.0 Å². The van der Waals surface area contributed by atoms with Crippen molar-refractivity contribution in [3.05, 3.63) is 0 Å². The third kappa shape index (κ3) is 3.29. The standard InChI is InChI=1S/C10H22O3SSi/c1-5-6-9-15(3,4)10(7-8-10)13-14(2,11)12/h5-9H2,1-4H3. The Kier molecular flexibility index (Phi) is 3.68. The zero-order valence-electron chi connectivity index (χ0n) is 10.2. The van der Waals surface area contributed by atoms with Gasteiger partial charge in [-0.05, 0) is 12.8 Å². The van der Waals surface area contributed by atoms with Gasteiger partial charge in [-0.3, -0.25) is 4.18 Å². The molecule has 1 aliphatic carbocycles. The molecule has 0 aromatic carbocycles. The molecule has 1 fully saturated rings. The average Bonchev–Trinajstić information content (AvgIpc) is 2.79. The van der Waals surface area contributed by atoms with E-state index in [0.717, 1.165) is 19.1 Å². The van der Waals surface area contributed by atoms with E-state index in [2.05, 4.69) is 20.0 Å². The smallest absolute Gasteiger partial charge is 0.264 e. The maximum atomic E-state index is 11.2. The molecule has 0 bridgehead atoms. The Morgan fingerprint density at radius 1 is 1.33 bits per heavy atom. The normalized spacial score (nSPS) is 20.3. The van der Waals surface area contributed by atoms with E-state index in [1.807, 2.05) is 0 Å². The minimum atomic E-state index is -3.29. The van der Waals surface area contributed by atoms with Crippen LogP contribution in [0.2, 0.25) is 19.1 Å². The second-order valence-corrected chi connectivity index (χ2v) is 12.0. The maximum absolute atomic E-state index is 11.2. The van der Waals surface area contributed by atoms with Gasteiger partial charge < -0.3 is 0 Å². The lowest BCUT2D eigenvalue weighted by atomic mass is 10.4. The van der Waals surface area contributed by atoms with E-state index in [-0.39, 0.29) is 5.22 Å². The van der Waals surface area contributed by atoms with Crippen molar-refractivity contribution in [2.24, 2.45) is 0 Å². The van der Waals surface area contributed by atoms with E-state index >= 15 is 0 Å². The summed E-state index contributed by atoms with van der Waals surface area (Å²) in [7, 11) is -4.84. The molecule has 0 spiro atoms. The zero-order chi connectivity index (χ0) is 11.7. The van der Waals surface area contributed by atoms with Crippen LogP contribution in [0.3, 0.4) is 0 Å². The van der Waals surface area contributed by atoms with E-state index < -0.39 is 18.2 Å². The maximum Gasteiger partial charge on any atom is 0.264 e. The minimum absolute atomic E-state index is 0.268. The SMILES string of the molecule is CCCC[Si](C)(C)C1(OS(C)(=O)=O)CC1. The summed E-state index contributed by atoms with van der Waals surface area (Å²) in [6.45, 7) is 6.67. The van der Waals surface area contributed by atoms with Crippen LogP contribution in [0.25, 0.3) is 0 Å². The Hall–Kier alpha value is 0.127. The van der Waals surface area contributed by atoms with E-state index in [9.17, 15) is 8.42 Å². The van der Waals surface area contributed by atoms with Crippen LogP contribution in [0.1, 0.15) is 32.6 Å². The first-order chi connectivity index (χ1) is 6.72. The van der Waals surface area contributed by atoms with Crippen LogP contribution in [0.15, 0.2) is 0 Å². The molecular formula is C10H22O3SSi. The van der Waals surface area contributed by atoms with Crippen LogP contribution in [0.5, 0.6) is 0 Å². The van der Waals surface area contributed by atoms with Crippen molar-refractivity contribution in [1.82, 2.24) is 0 Å². The molecule has 0 radical (unpaired) electrons. The molecule has 0 saturated heterocycles. The van der Waals surface area contributed by atoms with Crippen LogP contribution in [0.4, 0.5) is 0 Å². The van der Waals surface area contributed by atoms with Gasteiger partial charge in [-0.1, -0.05) is 38.9 Å². The molecule has 0 heterocycles. The van der Waals surface area contributed by atoms with Crippen LogP contribution >= 0.6 is 0 Å². The summed E-state index contributed by atoms with van der Waals surface area (Å²) in [6, 6.07) is 1.17. The highest BCUT2D eigenvalue weighted by atomic mass is 32.2. The largest absolute Gasteiger partial charge is 0.267 e. The van der Waals surface area contributed by atoms with Gasteiger partial charge in [0.2, 0.25) is 0 Å². The van der Waals surface area contributed by atoms with Gasteiger partial charge in [-0.15, -0.1) is 0 Å². The molecule has 0 N–H and O–H groups in total. The highest BCUT2D eigenvalue weighted by Gasteiger charge is 2.58. The number of hydrogen-bond donors (Lipinski definition) is 0. The van der Waals surface area contributed by atoms with Crippen LogP contribution < -0.4 is 0 Å². The van der Waals surface area contributed by atoms with Crippen molar-refractivity contribution in [3.8, 4) is 0 Å². The summed E-state index contributed by atoms with van der Waals surface area (Å²) < 4.78 is 27.7. The molecule has 90 valence electrons.